The van der Waals surface area contributed by atoms with Crippen molar-refractivity contribution in [1.29, 1.82) is 0 Å². The molecule has 0 unspecified atom stereocenters. The van der Waals surface area contributed by atoms with Gasteiger partial charge in [0.2, 0.25) is 0 Å². The topological polar surface area (TPSA) is 35.6 Å². The van der Waals surface area contributed by atoms with Crippen LogP contribution >= 0.6 is 0 Å². The molecule has 0 atom stereocenters. The molecule has 4 heteroatoms. The van der Waals surface area contributed by atoms with E-state index < -0.39 is 0 Å². The first-order valence-corrected chi connectivity index (χ1v) is 18.3. The van der Waals surface area contributed by atoms with Crippen LogP contribution < -0.4 is 0 Å². The number of benzene rings is 5. The summed E-state index contributed by atoms with van der Waals surface area (Å²) in [5, 5.41) is 4.86. The molecule has 0 amide bonds. The molecule has 0 fully saturated rings. The molecule has 51 heavy (non-hydrogen) atoms. The van der Waals surface area contributed by atoms with E-state index in [0.29, 0.717) is 0 Å². The third-order valence-corrected chi connectivity index (χ3v) is 13.3. The van der Waals surface area contributed by atoms with E-state index in [1.807, 2.05) is 6.07 Å². The van der Waals surface area contributed by atoms with Gasteiger partial charge in [-0.05, 0) is 82.7 Å². The van der Waals surface area contributed by atoms with Crippen molar-refractivity contribution in [2.45, 2.75) is 65.2 Å². The Morgan fingerprint density at radius 2 is 1.27 bits per heavy atom. The Morgan fingerprint density at radius 3 is 2.08 bits per heavy atom. The lowest BCUT2D eigenvalue weighted by atomic mass is 9.59. The summed E-state index contributed by atoms with van der Waals surface area (Å²) in [5.74, 6) is 1.63. The quantitative estimate of drug-likeness (QED) is 0.189. The Morgan fingerprint density at radius 1 is 0.588 bits per heavy atom. The fourth-order valence-electron chi connectivity index (χ4n) is 9.42. The maximum Gasteiger partial charge on any atom is 0.162 e. The van der Waals surface area contributed by atoms with Crippen molar-refractivity contribution >= 4 is 49.7 Å². The van der Waals surface area contributed by atoms with E-state index in [4.69, 9.17) is 9.97 Å². The lowest BCUT2D eigenvalue weighted by molar-refractivity contribution is 0.125. The molecule has 0 aliphatic heterocycles. The van der Waals surface area contributed by atoms with Crippen molar-refractivity contribution in [3.63, 3.8) is 0 Å². The van der Waals surface area contributed by atoms with E-state index in [1.54, 1.807) is 0 Å². The van der Waals surface area contributed by atoms with Crippen molar-refractivity contribution < 1.29 is 0 Å². The van der Waals surface area contributed by atoms with Crippen LogP contribution in [-0.4, -0.2) is 19.1 Å². The third-order valence-electron chi connectivity index (χ3n) is 13.3. The van der Waals surface area contributed by atoms with Crippen LogP contribution in [0.1, 0.15) is 70.3 Å². The Hall–Kier alpha value is -5.48. The van der Waals surface area contributed by atoms with Gasteiger partial charge in [-0.2, -0.15) is 0 Å². The summed E-state index contributed by atoms with van der Waals surface area (Å²) in [4.78, 5) is 10.4. The molecule has 0 N–H and O–H groups in total. The largest absolute Gasteiger partial charge is 0.313 e. The average molecular weight is 663 g/mol. The molecule has 3 aromatic heterocycles. The molecule has 10 rings (SSSR count). The number of nitrogens with zero attached hydrogens (tertiary/aromatic N) is 4. The van der Waals surface area contributed by atoms with Gasteiger partial charge in [-0.3, -0.25) is 4.57 Å². The van der Waals surface area contributed by atoms with Crippen molar-refractivity contribution in [2.24, 2.45) is 5.41 Å². The molecule has 3 heterocycles. The zero-order valence-electron chi connectivity index (χ0n) is 30.3. The second kappa shape index (κ2) is 10.3. The highest BCUT2D eigenvalue weighted by molar-refractivity contribution is 6.24. The van der Waals surface area contributed by atoms with Crippen LogP contribution in [-0.2, 0) is 17.3 Å². The summed E-state index contributed by atoms with van der Waals surface area (Å²) in [7, 11) is 0. The van der Waals surface area contributed by atoms with Crippen LogP contribution in [0.4, 0.5) is 0 Å². The van der Waals surface area contributed by atoms with Crippen LogP contribution in [0, 0.1) is 5.41 Å². The molecule has 8 aromatic rings. The number of fused-ring (bicyclic) bond motifs is 9. The predicted octanol–water partition coefficient (Wildman–Crippen LogP) is 11.9. The smallest absolute Gasteiger partial charge is 0.162 e. The van der Waals surface area contributed by atoms with Crippen LogP contribution in [0.25, 0.3) is 72.6 Å². The maximum absolute atomic E-state index is 5.34. The SMILES string of the molecule is CC1(C)c2ccc(-n3c4c(c5c6c7ccccc7n(-c7nc(-c8ccccc8)nc8ccccc78)c6ccc53)C=CCC4)cc2C(C)(C)C1(C)C. The van der Waals surface area contributed by atoms with Crippen molar-refractivity contribution in [2.75, 3.05) is 0 Å². The van der Waals surface area contributed by atoms with Crippen molar-refractivity contribution in [3.8, 4) is 22.9 Å². The summed E-state index contributed by atoms with van der Waals surface area (Å²) < 4.78 is 4.95. The number of hydrogen-bond acceptors (Lipinski definition) is 2. The molecule has 0 bridgehead atoms. The lowest BCUT2D eigenvalue weighted by Crippen LogP contribution is -2.42. The predicted molar refractivity (Wildman–Crippen MR) is 213 cm³/mol. The van der Waals surface area contributed by atoms with Gasteiger partial charge in [-0.1, -0.05) is 120 Å². The summed E-state index contributed by atoms with van der Waals surface area (Å²) >= 11 is 0. The zero-order valence-corrected chi connectivity index (χ0v) is 30.3. The molecule has 0 saturated heterocycles. The number of para-hydroxylation sites is 2. The molecule has 4 nitrogen and oxygen atoms in total. The Labute approximate surface area is 299 Å². The minimum Gasteiger partial charge on any atom is -0.313 e. The highest BCUT2D eigenvalue weighted by Crippen LogP contribution is 2.61. The fraction of sp³-hybridized carbons (Fsp3) is 0.234. The Kier molecular flexibility index (Phi) is 6.12. The van der Waals surface area contributed by atoms with E-state index in [0.717, 1.165) is 52.0 Å². The van der Waals surface area contributed by atoms with E-state index in [2.05, 4.69) is 166 Å². The summed E-state index contributed by atoms with van der Waals surface area (Å²) in [6.07, 6.45) is 6.78. The minimum absolute atomic E-state index is 0.0321. The lowest BCUT2D eigenvalue weighted by Gasteiger charge is -2.44. The van der Waals surface area contributed by atoms with Gasteiger partial charge >= 0.3 is 0 Å². The first kappa shape index (κ1) is 30.4. The van der Waals surface area contributed by atoms with Crippen LogP contribution in [0.15, 0.2) is 115 Å². The van der Waals surface area contributed by atoms with Gasteiger partial charge in [-0.15, -0.1) is 0 Å². The molecule has 0 spiro atoms. The van der Waals surface area contributed by atoms with Gasteiger partial charge in [0.15, 0.2) is 5.82 Å². The average Bonchev–Trinajstić information content (AvgIpc) is 3.70. The molecular formula is C47H42N4. The second-order valence-corrected chi connectivity index (χ2v) is 16.2. The molecule has 0 saturated carbocycles. The number of hydrogen-bond donors (Lipinski definition) is 0. The van der Waals surface area contributed by atoms with Gasteiger partial charge in [0.25, 0.3) is 0 Å². The summed E-state index contributed by atoms with van der Waals surface area (Å²) in [6, 6.07) is 39.6. The van der Waals surface area contributed by atoms with Crippen molar-refractivity contribution in [1.82, 2.24) is 19.1 Å². The molecular weight excluding hydrogens is 621 g/mol. The van der Waals surface area contributed by atoms with Gasteiger partial charge < -0.3 is 4.57 Å². The highest BCUT2D eigenvalue weighted by atomic mass is 15.1. The monoisotopic (exact) mass is 662 g/mol. The highest BCUT2D eigenvalue weighted by Gasteiger charge is 2.56. The minimum atomic E-state index is 0.0321. The maximum atomic E-state index is 5.34. The van der Waals surface area contributed by atoms with E-state index in [9.17, 15) is 0 Å². The first-order chi connectivity index (χ1) is 24.6. The van der Waals surface area contributed by atoms with E-state index in [-0.39, 0.29) is 16.2 Å². The molecule has 2 aliphatic rings. The zero-order chi connectivity index (χ0) is 34.9. The number of rotatable bonds is 3. The normalized spacial score (nSPS) is 17.1. The molecule has 2 aliphatic carbocycles. The molecule has 0 radical (unpaired) electrons. The van der Waals surface area contributed by atoms with Gasteiger partial charge in [-0.25, -0.2) is 9.97 Å². The van der Waals surface area contributed by atoms with Crippen LogP contribution in [0.2, 0.25) is 0 Å². The van der Waals surface area contributed by atoms with Gasteiger partial charge in [0.1, 0.15) is 5.82 Å². The standard InChI is InChI=1S/C47H42N4/c1-45(2)34-25-24-30(28-35(34)46(3,4)47(45,5)6)50-37-22-14-11-19-32(37)41-39(50)26-27-40-42(41)33-20-12-15-23-38(33)51(40)44-31-18-10-13-21-36(31)48-43(49-44)29-16-8-7-9-17-29/h7-13,15-21,23-28H,14,22H2,1-6H3. The van der Waals surface area contributed by atoms with Crippen LogP contribution in [0.3, 0.4) is 0 Å². The summed E-state index contributed by atoms with van der Waals surface area (Å²) in [6.45, 7) is 14.6. The van der Waals surface area contributed by atoms with E-state index >= 15 is 0 Å². The molecule has 250 valence electrons. The number of allylic oxidation sites excluding steroid dienone is 1. The van der Waals surface area contributed by atoms with Crippen LogP contribution in [0.5, 0.6) is 0 Å². The Bertz CT molecular complexity index is 2770. The Balaban J connectivity index is 1.29. The molecule has 5 aromatic carbocycles. The summed E-state index contributed by atoms with van der Waals surface area (Å²) in [5.41, 5.74) is 12.7. The fourth-order valence-corrected chi connectivity index (χ4v) is 9.42. The van der Waals surface area contributed by atoms with Gasteiger partial charge in [0, 0.05) is 44.1 Å². The van der Waals surface area contributed by atoms with Crippen molar-refractivity contribution in [3.05, 3.63) is 138 Å². The van der Waals surface area contributed by atoms with E-state index in [1.165, 1.54) is 49.7 Å². The van der Waals surface area contributed by atoms with Gasteiger partial charge in [0.05, 0.1) is 22.1 Å². The number of aromatic nitrogens is 4. The first-order valence-electron chi connectivity index (χ1n) is 18.3. The third kappa shape index (κ3) is 3.91. The second-order valence-electron chi connectivity index (χ2n) is 16.2.